The van der Waals surface area contributed by atoms with Gasteiger partial charge in [0.1, 0.15) is 0 Å². The van der Waals surface area contributed by atoms with Crippen molar-refractivity contribution in [3.8, 4) is 0 Å². The maximum absolute atomic E-state index is 9.90. The molecule has 0 aromatic rings. The van der Waals surface area contributed by atoms with Gasteiger partial charge in [-0.2, -0.15) is 0 Å². The lowest BCUT2D eigenvalue weighted by molar-refractivity contribution is -0.0776. The van der Waals surface area contributed by atoms with Crippen LogP contribution in [-0.4, -0.2) is 46.5 Å². The van der Waals surface area contributed by atoms with E-state index in [0.29, 0.717) is 12.1 Å². The monoisotopic (exact) mass is 171 g/mol. The van der Waals surface area contributed by atoms with E-state index in [-0.39, 0.29) is 6.61 Å². The molecule has 0 aromatic heterocycles. The standard InChI is InChI=1S/C9H17NO2/c1-10-7-2-3-8(10)5-9(12,4-7)6-11/h7-8,11-12H,2-6H2,1H3/t7-,8?,9?/m1/s1. The van der Waals surface area contributed by atoms with Crippen molar-refractivity contribution in [2.45, 2.75) is 43.4 Å². The van der Waals surface area contributed by atoms with Gasteiger partial charge in [-0.3, -0.25) is 0 Å². The molecule has 2 aliphatic heterocycles. The maximum Gasteiger partial charge on any atom is 0.0907 e. The molecule has 2 heterocycles. The van der Waals surface area contributed by atoms with Crippen LogP contribution in [0.15, 0.2) is 0 Å². The average molecular weight is 171 g/mol. The summed E-state index contributed by atoms with van der Waals surface area (Å²) in [7, 11) is 2.12. The summed E-state index contributed by atoms with van der Waals surface area (Å²) in [5.41, 5.74) is -0.779. The Labute approximate surface area is 73.0 Å². The average Bonchev–Trinajstić information content (AvgIpc) is 2.32. The molecule has 2 bridgehead atoms. The molecule has 0 amide bonds. The Morgan fingerprint density at radius 1 is 1.33 bits per heavy atom. The summed E-state index contributed by atoms with van der Waals surface area (Å²) in [4.78, 5) is 2.35. The van der Waals surface area contributed by atoms with Crippen LogP contribution in [-0.2, 0) is 0 Å². The van der Waals surface area contributed by atoms with Crippen molar-refractivity contribution >= 4 is 0 Å². The van der Waals surface area contributed by atoms with E-state index in [1.165, 1.54) is 12.8 Å². The highest BCUT2D eigenvalue weighted by atomic mass is 16.3. The zero-order valence-electron chi connectivity index (χ0n) is 7.53. The molecule has 0 saturated carbocycles. The molecule has 2 N–H and O–H groups in total. The minimum Gasteiger partial charge on any atom is -0.393 e. The van der Waals surface area contributed by atoms with Gasteiger partial charge in [-0.25, -0.2) is 0 Å². The molecule has 12 heavy (non-hydrogen) atoms. The molecule has 3 nitrogen and oxygen atoms in total. The fourth-order valence-electron chi connectivity index (χ4n) is 2.67. The second-order valence-electron chi connectivity index (χ2n) is 4.34. The number of fused-ring (bicyclic) bond motifs is 2. The summed E-state index contributed by atoms with van der Waals surface area (Å²) in [6, 6.07) is 1.00. The van der Waals surface area contributed by atoms with Gasteiger partial charge in [0.05, 0.1) is 12.2 Å². The van der Waals surface area contributed by atoms with Crippen molar-refractivity contribution in [3.05, 3.63) is 0 Å². The predicted octanol–water partition coefficient (Wildman–Crippen LogP) is -0.0336. The lowest BCUT2D eigenvalue weighted by atomic mass is 9.87. The Morgan fingerprint density at radius 2 is 1.83 bits per heavy atom. The number of aliphatic hydroxyl groups is 2. The summed E-state index contributed by atoms with van der Waals surface area (Å²) in [5, 5.41) is 18.9. The normalized spacial score (nSPS) is 48.2. The third-order valence-corrected chi connectivity index (χ3v) is 3.51. The van der Waals surface area contributed by atoms with E-state index in [2.05, 4.69) is 11.9 Å². The Morgan fingerprint density at radius 3 is 2.25 bits per heavy atom. The summed E-state index contributed by atoms with van der Waals surface area (Å²) < 4.78 is 0. The van der Waals surface area contributed by atoms with Crippen molar-refractivity contribution in [1.29, 1.82) is 0 Å². The third-order valence-electron chi connectivity index (χ3n) is 3.51. The van der Waals surface area contributed by atoms with Crippen molar-refractivity contribution in [2.75, 3.05) is 13.7 Å². The van der Waals surface area contributed by atoms with Gasteiger partial charge in [-0.1, -0.05) is 0 Å². The first kappa shape index (κ1) is 8.48. The fourth-order valence-corrected chi connectivity index (χ4v) is 2.67. The lowest BCUT2D eigenvalue weighted by Crippen LogP contribution is -2.51. The summed E-state index contributed by atoms with van der Waals surface area (Å²) in [5.74, 6) is 0. The van der Waals surface area contributed by atoms with E-state index in [9.17, 15) is 5.11 Å². The minimum atomic E-state index is -0.779. The number of rotatable bonds is 1. The van der Waals surface area contributed by atoms with Gasteiger partial charge in [0.15, 0.2) is 0 Å². The zero-order chi connectivity index (χ0) is 8.77. The van der Waals surface area contributed by atoms with E-state index in [0.717, 1.165) is 12.8 Å². The van der Waals surface area contributed by atoms with Crippen LogP contribution >= 0.6 is 0 Å². The van der Waals surface area contributed by atoms with Crippen molar-refractivity contribution in [2.24, 2.45) is 0 Å². The number of aliphatic hydroxyl groups excluding tert-OH is 1. The first-order chi connectivity index (χ1) is 5.64. The number of nitrogens with zero attached hydrogens (tertiary/aromatic N) is 1. The van der Waals surface area contributed by atoms with Crippen molar-refractivity contribution < 1.29 is 10.2 Å². The second-order valence-corrected chi connectivity index (χ2v) is 4.34. The summed E-state index contributed by atoms with van der Waals surface area (Å²) in [6.45, 7) is -0.0756. The molecule has 3 atom stereocenters. The lowest BCUT2D eigenvalue weighted by Gasteiger charge is -2.41. The molecule has 2 unspecified atom stereocenters. The minimum absolute atomic E-state index is 0.0756. The maximum atomic E-state index is 9.90. The molecule has 0 aliphatic carbocycles. The van der Waals surface area contributed by atoms with Crippen LogP contribution in [0.1, 0.15) is 25.7 Å². The molecule has 0 spiro atoms. The number of hydrogen-bond acceptors (Lipinski definition) is 3. The second kappa shape index (κ2) is 2.69. The molecule has 2 fully saturated rings. The van der Waals surface area contributed by atoms with E-state index < -0.39 is 5.60 Å². The van der Waals surface area contributed by atoms with Crippen LogP contribution < -0.4 is 0 Å². The van der Waals surface area contributed by atoms with Crippen LogP contribution in [0.5, 0.6) is 0 Å². The molecule has 0 aromatic carbocycles. The molecular weight excluding hydrogens is 154 g/mol. The topological polar surface area (TPSA) is 43.7 Å². The van der Waals surface area contributed by atoms with Crippen LogP contribution in [0, 0.1) is 0 Å². The molecule has 3 heteroatoms. The molecule has 2 aliphatic rings. The van der Waals surface area contributed by atoms with E-state index >= 15 is 0 Å². The Balaban J connectivity index is 2.12. The number of hydrogen-bond donors (Lipinski definition) is 2. The fraction of sp³-hybridized carbons (Fsp3) is 1.00. The van der Waals surface area contributed by atoms with Crippen LogP contribution in [0.25, 0.3) is 0 Å². The quantitative estimate of drug-likeness (QED) is 0.582. The highest BCUT2D eigenvalue weighted by molar-refractivity contribution is 5.00. The molecule has 0 radical (unpaired) electrons. The van der Waals surface area contributed by atoms with E-state index in [1.807, 2.05) is 0 Å². The van der Waals surface area contributed by atoms with Gasteiger partial charge in [0.25, 0.3) is 0 Å². The first-order valence-corrected chi connectivity index (χ1v) is 4.70. The van der Waals surface area contributed by atoms with Crippen LogP contribution in [0.2, 0.25) is 0 Å². The summed E-state index contributed by atoms with van der Waals surface area (Å²) in [6.07, 6.45) is 3.86. The third kappa shape index (κ3) is 1.16. The molecule has 2 rings (SSSR count). The Hall–Kier alpha value is -0.120. The highest BCUT2D eigenvalue weighted by Gasteiger charge is 2.45. The van der Waals surface area contributed by atoms with Gasteiger partial charge in [-0.15, -0.1) is 0 Å². The smallest absolute Gasteiger partial charge is 0.0907 e. The first-order valence-electron chi connectivity index (χ1n) is 4.70. The van der Waals surface area contributed by atoms with Gasteiger partial charge in [-0.05, 0) is 32.7 Å². The van der Waals surface area contributed by atoms with Gasteiger partial charge < -0.3 is 15.1 Å². The number of piperidine rings is 1. The van der Waals surface area contributed by atoms with Crippen LogP contribution in [0.4, 0.5) is 0 Å². The van der Waals surface area contributed by atoms with Crippen molar-refractivity contribution in [1.82, 2.24) is 4.90 Å². The van der Waals surface area contributed by atoms with Gasteiger partial charge in [0.2, 0.25) is 0 Å². The van der Waals surface area contributed by atoms with Gasteiger partial charge >= 0.3 is 0 Å². The Bertz CT molecular complexity index is 169. The molecule has 2 saturated heterocycles. The van der Waals surface area contributed by atoms with Crippen LogP contribution in [0.3, 0.4) is 0 Å². The van der Waals surface area contributed by atoms with E-state index in [1.54, 1.807) is 0 Å². The Kier molecular flexibility index (Phi) is 1.90. The molecular formula is C9H17NO2. The van der Waals surface area contributed by atoms with Gasteiger partial charge in [0, 0.05) is 12.1 Å². The highest BCUT2D eigenvalue weighted by Crippen LogP contribution is 2.39. The molecule has 70 valence electrons. The van der Waals surface area contributed by atoms with Crippen molar-refractivity contribution in [3.63, 3.8) is 0 Å². The summed E-state index contributed by atoms with van der Waals surface area (Å²) >= 11 is 0. The van der Waals surface area contributed by atoms with E-state index in [4.69, 9.17) is 5.11 Å². The predicted molar refractivity (Wildman–Crippen MR) is 45.8 cm³/mol. The SMILES string of the molecule is CN1C2CC[C@@H]1CC(O)(CO)C2. The largest absolute Gasteiger partial charge is 0.393 e. The zero-order valence-corrected chi connectivity index (χ0v) is 7.53.